The molecule has 1 aromatic carbocycles. The van der Waals surface area contributed by atoms with Gasteiger partial charge in [-0.2, -0.15) is 0 Å². The van der Waals surface area contributed by atoms with Gasteiger partial charge < -0.3 is 10.6 Å². The molecule has 0 aromatic heterocycles. The smallest absolute Gasteiger partial charge is 0.254 e. The molecule has 2 heterocycles. The van der Waals surface area contributed by atoms with Gasteiger partial charge in [0.15, 0.2) is 0 Å². The molecule has 2 fully saturated rings. The van der Waals surface area contributed by atoms with E-state index in [0.29, 0.717) is 25.9 Å². The highest BCUT2D eigenvalue weighted by Gasteiger charge is 2.45. The van der Waals surface area contributed by atoms with Crippen molar-refractivity contribution in [1.29, 1.82) is 0 Å². The van der Waals surface area contributed by atoms with Gasteiger partial charge in [-0.15, -0.1) is 0 Å². The maximum Gasteiger partial charge on any atom is 0.254 e. The van der Waals surface area contributed by atoms with Crippen molar-refractivity contribution in [3.05, 3.63) is 35.4 Å². The summed E-state index contributed by atoms with van der Waals surface area (Å²) < 4.78 is 26.7. The summed E-state index contributed by atoms with van der Waals surface area (Å²) in [5, 5.41) is 0. The largest absolute Gasteiger partial charge is 0.368 e. The molecule has 2 saturated heterocycles. The maximum atomic E-state index is 13.3. The summed E-state index contributed by atoms with van der Waals surface area (Å²) in [6.45, 7) is 2.37. The van der Waals surface area contributed by atoms with Crippen LogP contribution in [0.3, 0.4) is 0 Å². The minimum Gasteiger partial charge on any atom is -0.368 e. The lowest BCUT2D eigenvalue weighted by molar-refractivity contribution is -0.134. The Balaban J connectivity index is 1.73. The second-order valence-electron chi connectivity index (χ2n) is 6.89. The molecular formula is C18H23F2N3O2. The van der Waals surface area contributed by atoms with Crippen molar-refractivity contribution in [2.24, 2.45) is 5.73 Å². The number of piperidine rings is 2. The Morgan fingerprint density at radius 1 is 0.920 bits per heavy atom. The molecule has 0 unspecified atom stereocenters. The number of carbonyl (C=O) groups is 2. The molecule has 0 spiro atoms. The molecule has 0 radical (unpaired) electrons. The van der Waals surface area contributed by atoms with Crippen LogP contribution in [0, 0.1) is 11.6 Å². The topological polar surface area (TPSA) is 66.6 Å². The van der Waals surface area contributed by atoms with Crippen molar-refractivity contribution in [2.45, 2.75) is 37.6 Å². The molecule has 7 heteroatoms. The molecule has 0 atom stereocenters. The van der Waals surface area contributed by atoms with Crippen LogP contribution in [0.5, 0.6) is 0 Å². The van der Waals surface area contributed by atoms with Gasteiger partial charge in [-0.25, -0.2) is 8.78 Å². The fourth-order valence-corrected chi connectivity index (χ4v) is 3.98. The van der Waals surface area contributed by atoms with Crippen molar-refractivity contribution < 1.29 is 18.4 Å². The number of hydrogen-bond donors (Lipinski definition) is 1. The van der Waals surface area contributed by atoms with E-state index < -0.39 is 23.1 Å². The highest BCUT2D eigenvalue weighted by Crippen LogP contribution is 2.32. The first-order valence-corrected chi connectivity index (χ1v) is 8.73. The van der Waals surface area contributed by atoms with Crippen LogP contribution in [0.1, 0.15) is 42.5 Å². The van der Waals surface area contributed by atoms with E-state index in [2.05, 4.69) is 4.90 Å². The number of halogens is 2. The summed E-state index contributed by atoms with van der Waals surface area (Å²) in [5.74, 6) is -2.33. The van der Waals surface area contributed by atoms with Crippen LogP contribution in [0.25, 0.3) is 0 Å². The summed E-state index contributed by atoms with van der Waals surface area (Å²) >= 11 is 0. The predicted molar refractivity (Wildman–Crippen MR) is 88.8 cm³/mol. The highest BCUT2D eigenvalue weighted by molar-refractivity contribution is 5.94. The van der Waals surface area contributed by atoms with Gasteiger partial charge in [0.1, 0.15) is 17.2 Å². The van der Waals surface area contributed by atoms with Crippen LogP contribution in [0.15, 0.2) is 18.2 Å². The standard InChI is InChI=1S/C18H23F2N3O2/c19-14-10-13(11-15(20)12-14)16(24)22-8-4-18(5-9-22,17(21)25)23-6-2-1-3-7-23/h10-12H,1-9H2,(H2,21,25). The van der Waals surface area contributed by atoms with Crippen LogP contribution < -0.4 is 5.73 Å². The van der Waals surface area contributed by atoms with Crippen molar-refractivity contribution in [2.75, 3.05) is 26.2 Å². The molecule has 2 aliphatic rings. The van der Waals surface area contributed by atoms with Crippen LogP contribution in [-0.4, -0.2) is 53.3 Å². The fraction of sp³-hybridized carbons (Fsp3) is 0.556. The average molecular weight is 351 g/mol. The third kappa shape index (κ3) is 3.51. The summed E-state index contributed by atoms with van der Waals surface area (Å²) in [5.41, 5.74) is 4.99. The minimum absolute atomic E-state index is 0.0120. The van der Waals surface area contributed by atoms with E-state index in [4.69, 9.17) is 5.73 Å². The van der Waals surface area contributed by atoms with Crippen molar-refractivity contribution >= 4 is 11.8 Å². The monoisotopic (exact) mass is 351 g/mol. The minimum atomic E-state index is -0.778. The lowest BCUT2D eigenvalue weighted by Crippen LogP contribution is -2.63. The molecule has 0 saturated carbocycles. The Labute approximate surface area is 145 Å². The van der Waals surface area contributed by atoms with Gasteiger partial charge in [-0.1, -0.05) is 6.42 Å². The summed E-state index contributed by atoms with van der Waals surface area (Å²) in [6.07, 6.45) is 4.14. The van der Waals surface area contributed by atoms with Crippen LogP contribution in [0.4, 0.5) is 8.78 Å². The molecule has 5 nitrogen and oxygen atoms in total. The van der Waals surface area contributed by atoms with Gasteiger partial charge in [-0.3, -0.25) is 14.5 Å². The summed E-state index contributed by atoms with van der Waals surface area (Å²) in [6, 6.07) is 2.80. The molecule has 1 aromatic rings. The number of rotatable bonds is 3. The Morgan fingerprint density at radius 2 is 1.48 bits per heavy atom. The van der Waals surface area contributed by atoms with Gasteiger partial charge in [0.05, 0.1) is 0 Å². The zero-order valence-electron chi connectivity index (χ0n) is 14.1. The third-order valence-corrected chi connectivity index (χ3v) is 5.41. The second-order valence-corrected chi connectivity index (χ2v) is 6.89. The number of nitrogens with two attached hydrogens (primary N) is 1. The molecule has 0 aliphatic carbocycles. The van der Waals surface area contributed by atoms with Crippen LogP contribution >= 0.6 is 0 Å². The normalized spacial score (nSPS) is 21.1. The Bertz CT molecular complexity index is 646. The van der Waals surface area contributed by atoms with Crippen molar-refractivity contribution in [3.8, 4) is 0 Å². The summed E-state index contributed by atoms with van der Waals surface area (Å²) in [7, 11) is 0. The Kier molecular flexibility index (Phi) is 5.03. The van der Waals surface area contributed by atoms with Crippen molar-refractivity contribution in [3.63, 3.8) is 0 Å². The van der Waals surface area contributed by atoms with E-state index in [-0.39, 0.29) is 11.5 Å². The number of likely N-dealkylation sites (tertiary alicyclic amines) is 2. The average Bonchev–Trinajstić information content (AvgIpc) is 2.61. The number of amides is 2. The predicted octanol–water partition coefficient (Wildman–Crippen LogP) is 1.91. The quantitative estimate of drug-likeness (QED) is 0.905. The molecule has 3 rings (SSSR count). The fourth-order valence-electron chi connectivity index (χ4n) is 3.98. The third-order valence-electron chi connectivity index (χ3n) is 5.41. The summed E-state index contributed by atoms with van der Waals surface area (Å²) in [4.78, 5) is 28.4. The van der Waals surface area contributed by atoms with Gasteiger partial charge in [-0.05, 0) is 50.9 Å². The van der Waals surface area contributed by atoms with Crippen LogP contribution in [-0.2, 0) is 4.79 Å². The van der Waals surface area contributed by atoms with Gasteiger partial charge in [0.2, 0.25) is 5.91 Å². The molecule has 136 valence electrons. The number of carbonyl (C=O) groups excluding carboxylic acids is 2. The Morgan fingerprint density at radius 3 is 2.00 bits per heavy atom. The van der Waals surface area contributed by atoms with E-state index in [1.165, 1.54) is 0 Å². The Hall–Kier alpha value is -2.02. The lowest BCUT2D eigenvalue weighted by Gasteiger charge is -2.48. The zero-order chi connectivity index (χ0) is 18.0. The van der Waals surface area contributed by atoms with Crippen molar-refractivity contribution in [1.82, 2.24) is 9.80 Å². The first kappa shape index (κ1) is 17.8. The van der Waals surface area contributed by atoms with Crippen LogP contribution in [0.2, 0.25) is 0 Å². The van der Waals surface area contributed by atoms with E-state index in [9.17, 15) is 18.4 Å². The SMILES string of the molecule is NC(=O)C1(N2CCCCC2)CCN(C(=O)c2cc(F)cc(F)c2)CC1. The molecule has 25 heavy (non-hydrogen) atoms. The van der Waals surface area contributed by atoms with Gasteiger partial charge in [0, 0.05) is 24.7 Å². The van der Waals surface area contributed by atoms with E-state index in [1.54, 1.807) is 4.90 Å². The van der Waals surface area contributed by atoms with E-state index in [1.807, 2.05) is 0 Å². The lowest BCUT2D eigenvalue weighted by atomic mass is 9.83. The maximum absolute atomic E-state index is 13.3. The van der Waals surface area contributed by atoms with E-state index in [0.717, 1.165) is 50.6 Å². The second kappa shape index (κ2) is 7.07. The number of hydrogen-bond acceptors (Lipinski definition) is 3. The molecule has 2 aliphatic heterocycles. The molecular weight excluding hydrogens is 328 g/mol. The first-order valence-electron chi connectivity index (χ1n) is 8.73. The highest BCUT2D eigenvalue weighted by atomic mass is 19.1. The zero-order valence-corrected chi connectivity index (χ0v) is 14.1. The van der Waals surface area contributed by atoms with E-state index >= 15 is 0 Å². The molecule has 2 amide bonds. The number of benzene rings is 1. The first-order chi connectivity index (χ1) is 11.9. The molecule has 2 N–H and O–H groups in total. The number of nitrogens with zero attached hydrogens (tertiary/aromatic N) is 2. The molecule has 0 bridgehead atoms. The van der Waals surface area contributed by atoms with Gasteiger partial charge >= 0.3 is 0 Å². The van der Waals surface area contributed by atoms with Gasteiger partial charge in [0.25, 0.3) is 5.91 Å². The number of primary amides is 1.